The first kappa shape index (κ1) is 16.9. The molecule has 0 heterocycles. The maximum atomic E-state index is 11.0. The summed E-state index contributed by atoms with van der Waals surface area (Å²) >= 11 is 15.9. The summed E-state index contributed by atoms with van der Waals surface area (Å²) in [5, 5.41) is 11.5. The van der Waals surface area contributed by atoms with Crippen LogP contribution in [-0.2, 0) is 24.0 Å². The first-order valence-corrected chi connectivity index (χ1v) is 5.43. The molecule has 0 saturated carbocycles. The lowest BCUT2D eigenvalue weighted by Crippen LogP contribution is -2.23. The van der Waals surface area contributed by atoms with Crippen LogP contribution < -0.4 is 0 Å². The molecule has 7 nitrogen and oxygen atoms in total. The number of carboxylic acids is 1. The maximum absolute atomic E-state index is 11.0. The molecule has 0 fully saturated rings. The highest BCUT2D eigenvalue weighted by molar-refractivity contribution is 6.67. The fourth-order valence-corrected chi connectivity index (χ4v) is 0.771. The van der Waals surface area contributed by atoms with Crippen LogP contribution in [0.1, 0.15) is 6.92 Å². The minimum Gasteiger partial charge on any atom is -0.476 e. The number of alkyl halides is 3. The normalized spacial score (nSPS) is 11.9. The number of carboxylic acid groups (broad SMARTS) is 1. The highest BCUT2D eigenvalue weighted by atomic mass is 35.6. The van der Waals surface area contributed by atoms with E-state index < -0.39 is 40.4 Å². The van der Waals surface area contributed by atoms with Gasteiger partial charge in [0.15, 0.2) is 5.78 Å². The van der Waals surface area contributed by atoms with Gasteiger partial charge in [0.05, 0.1) is 0 Å². The number of halogens is 3. The number of oxime groups is 1. The molecule has 0 aromatic rings. The van der Waals surface area contributed by atoms with Crippen LogP contribution >= 0.6 is 34.8 Å². The highest BCUT2D eigenvalue weighted by Crippen LogP contribution is 2.25. The van der Waals surface area contributed by atoms with Crippen molar-refractivity contribution in [2.24, 2.45) is 5.16 Å². The second-order valence-corrected chi connectivity index (χ2v) is 5.37. The van der Waals surface area contributed by atoms with Crippen molar-refractivity contribution in [2.75, 3.05) is 13.2 Å². The molecular formula is C8H8Cl3NO6. The van der Waals surface area contributed by atoms with Gasteiger partial charge in [0.2, 0.25) is 16.1 Å². The summed E-state index contributed by atoms with van der Waals surface area (Å²) in [5.41, 5.74) is -0.843. The Kier molecular flexibility index (Phi) is 6.97. The van der Waals surface area contributed by atoms with E-state index in [1.165, 1.54) is 0 Å². The van der Waals surface area contributed by atoms with Gasteiger partial charge < -0.3 is 14.7 Å². The number of rotatable bonds is 6. The van der Waals surface area contributed by atoms with Crippen molar-refractivity contribution >= 4 is 58.2 Å². The van der Waals surface area contributed by atoms with Crippen molar-refractivity contribution in [1.82, 2.24) is 0 Å². The lowest BCUT2D eigenvalue weighted by Gasteiger charge is -2.10. The summed E-state index contributed by atoms with van der Waals surface area (Å²) < 4.78 is 2.69. The second-order valence-electron chi connectivity index (χ2n) is 2.85. The molecule has 0 spiro atoms. The third kappa shape index (κ3) is 8.10. The van der Waals surface area contributed by atoms with E-state index in [4.69, 9.17) is 39.9 Å². The standard InChI is InChI=1S/C8H8Cl3NO6/c1-4(13)6(7(15)16)12-18-2-5(14)17-3-8(9,10)11/h2-3H2,1H3,(H,15,16)/b12-6+. The van der Waals surface area contributed by atoms with Gasteiger partial charge in [-0.25, -0.2) is 9.59 Å². The summed E-state index contributed by atoms with van der Waals surface area (Å²) in [6.45, 7) is -0.232. The number of hydrogen-bond acceptors (Lipinski definition) is 6. The fraction of sp³-hybridized carbons (Fsp3) is 0.500. The topological polar surface area (TPSA) is 102 Å². The molecule has 0 radical (unpaired) electrons. The fourth-order valence-electron chi connectivity index (χ4n) is 0.607. The summed E-state index contributed by atoms with van der Waals surface area (Å²) in [4.78, 5) is 36.5. The first-order chi connectivity index (χ1) is 8.13. The van der Waals surface area contributed by atoms with Crippen LogP contribution in [0.15, 0.2) is 5.16 Å². The van der Waals surface area contributed by atoms with Crippen molar-refractivity contribution in [3.8, 4) is 0 Å². The van der Waals surface area contributed by atoms with Gasteiger partial charge in [-0.05, 0) is 0 Å². The maximum Gasteiger partial charge on any atom is 0.361 e. The molecule has 102 valence electrons. The van der Waals surface area contributed by atoms with Crippen LogP contribution in [-0.4, -0.2) is 45.5 Å². The van der Waals surface area contributed by atoms with Crippen LogP contribution in [0.2, 0.25) is 0 Å². The number of ketones is 1. The summed E-state index contributed by atoms with van der Waals surface area (Å²) in [5.74, 6) is -3.33. The first-order valence-electron chi connectivity index (χ1n) is 4.30. The third-order valence-electron chi connectivity index (χ3n) is 1.27. The van der Waals surface area contributed by atoms with Crippen LogP contribution in [0.25, 0.3) is 0 Å². The molecule has 0 atom stereocenters. The van der Waals surface area contributed by atoms with Gasteiger partial charge in [-0.2, -0.15) is 0 Å². The van der Waals surface area contributed by atoms with Crippen molar-refractivity contribution in [1.29, 1.82) is 0 Å². The SMILES string of the molecule is CC(=O)/C(=N\OCC(=O)OCC(Cl)(Cl)Cl)C(=O)O. The molecule has 0 aromatic carbocycles. The number of Topliss-reactive ketones (excluding diaryl/α,β-unsaturated/α-hetero) is 1. The zero-order valence-electron chi connectivity index (χ0n) is 8.98. The largest absolute Gasteiger partial charge is 0.476 e. The van der Waals surface area contributed by atoms with E-state index in [0.29, 0.717) is 0 Å². The van der Waals surface area contributed by atoms with E-state index in [-0.39, 0.29) is 0 Å². The average Bonchev–Trinajstić information content (AvgIpc) is 2.19. The number of ether oxygens (including phenoxy) is 1. The van der Waals surface area contributed by atoms with Gasteiger partial charge in [-0.3, -0.25) is 4.79 Å². The molecule has 0 aliphatic rings. The van der Waals surface area contributed by atoms with Gasteiger partial charge >= 0.3 is 11.9 Å². The lowest BCUT2D eigenvalue weighted by molar-refractivity contribution is -0.149. The summed E-state index contributed by atoms with van der Waals surface area (Å²) in [7, 11) is 0. The number of carbonyl (C=O) groups excluding carboxylic acids is 2. The highest BCUT2D eigenvalue weighted by Gasteiger charge is 2.22. The van der Waals surface area contributed by atoms with Crippen molar-refractivity contribution in [3.63, 3.8) is 0 Å². The minimum atomic E-state index is -1.76. The van der Waals surface area contributed by atoms with Crippen LogP contribution in [0.4, 0.5) is 0 Å². The molecule has 0 aliphatic carbocycles. The van der Waals surface area contributed by atoms with Gasteiger partial charge in [-0.15, -0.1) is 0 Å². The third-order valence-corrected chi connectivity index (χ3v) is 1.60. The zero-order chi connectivity index (χ0) is 14.3. The van der Waals surface area contributed by atoms with Crippen LogP contribution in [0, 0.1) is 0 Å². The van der Waals surface area contributed by atoms with E-state index >= 15 is 0 Å². The van der Waals surface area contributed by atoms with E-state index in [1.54, 1.807) is 0 Å². The Bertz CT molecular complexity index is 360. The van der Waals surface area contributed by atoms with E-state index in [1.807, 2.05) is 0 Å². The molecule has 0 rings (SSSR count). The second kappa shape index (κ2) is 7.40. The molecule has 0 unspecified atom stereocenters. The van der Waals surface area contributed by atoms with E-state index in [0.717, 1.165) is 6.92 Å². The molecule has 10 heteroatoms. The Morgan fingerprint density at radius 3 is 2.22 bits per heavy atom. The quantitative estimate of drug-likeness (QED) is 0.257. The van der Waals surface area contributed by atoms with Gasteiger partial charge in [0, 0.05) is 6.92 Å². The Morgan fingerprint density at radius 2 is 1.83 bits per heavy atom. The Hall–Kier alpha value is -1.05. The number of aliphatic carboxylic acids is 1. The molecule has 0 bridgehead atoms. The van der Waals surface area contributed by atoms with Crippen molar-refractivity contribution < 1.29 is 29.1 Å². The zero-order valence-corrected chi connectivity index (χ0v) is 11.3. The van der Waals surface area contributed by atoms with E-state index in [9.17, 15) is 14.4 Å². The van der Waals surface area contributed by atoms with E-state index in [2.05, 4.69) is 14.7 Å². The average molecular weight is 321 g/mol. The molecule has 18 heavy (non-hydrogen) atoms. The van der Waals surface area contributed by atoms with Crippen LogP contribution in [0.3, 0.4) is 0 Å². The number of esters is 1. The monoisotopic (exact) mass is 319 g/mol. The number of hydrogen-bond donors (Lipinski definition) is 1. The minimum absolute atomic E-state index is 0.498. The molecule has 0 aromatic heterocycles. The Morgan fingerprint density at radius 1 is 1.28 bits per heavy atom. The number of carbonyl (C=O) groups is 3. The Balaban J connectivity index is 4.18. The molecule has 1 N–H and O–H groups in total. The molecular weight excluding hydrogens is 312 g/mol. The van der Waals surface area contributed by atoms with Crippen molar-refractivity contribution in [3.05, 3.63) is 0 Å². The van der Waals surface area contributed by atoms with Gasteiger partial charge in [-0.1, -0.05) is 40.0 Å². The summed E-state index contributed by atoms with van der Waals surface area (Å²) in [6.07, 6.45) is 0. The van der Waals surface area contributed by atoms with Crippen LogP contribution in [0.5, 0.6) is 0 Å². The molecule has 0 saturated heterocycles. The Labute approximate surface area is 117 Å². The molecule has 0 aliphatic heterocycles. The van der Waals surface area contributed by atoms with Gasteiger partial charge in [0.25, 0.3) is 0 Å². The predicted molar refractivity (Wildman–Crippen MR) is 63.0 cm³/mol. The predicted octanol–water partition coefficient (Wildman–Crippen LogP) is 0.946. The van der Waals surface area contributed by atoms with Crippen molar-refractivity contribution in [2.45, 2.75) is 10.7 Å². The smallest absolute Gasteiger partial charge is 0.361 e. The summed E-state index contributed by atoms with van der Waals surface area (Å²) in [6, 6.07) is 0. The molecule has 0 amide bonds. The number of nitrogens with zero attached hydrogens (tertiary/aromatic N) is 1. The van der Waals surface area contributed by atoms with Gasteiger partial charge in [0.1, 0.15) is 6.61 Å². The lowest BCUT2D eigenvalue weighted by atomic mass is 10.3.